The number of carbonyl (C=O) groups excluding carboxylic acids is 2. The molecule has 1 atom stereocenters. The fourth-order valence-electron chi connectivity index (χ4n) is 2.39. The van der Waals surface area contributed by atoms with Crippen LogP contribution >= 0.6 is 11.8 Å². The molecule has 2 aromatic carbocycles. The zero-order valence-electron chi connectivity index (χ0n) is 13.8. The Hall–Kier alpha value is -3.33. The van der Waals surface area contributed by atoms with Crippen LogP contribution in [0.3, 0.4) is 0 Å². The lowest BCUT2D eigenvalue weighted by molar-refractivity contribution is -0.305. The van der Waals surface area contributed by atoms with Crippen molar-refractivity contribution in [3.8, 4) is 11.5 Å². The van der Waals surface area contributed by atoms with E-state index in [-0.39, 0.29) is 16.7 Å². The Morgan fingerprint density at radius 1 is 1.19 bits per heavy atom. The van der Waals surface area contributed by atoms with Crippen LogP contribution in [0.1, 0.15) is 12.0 Å². The minimum absolute atomic E-state index is 0.0281. The smallest absolute Gasteiger partial charge is 0.247 e. The van der Waals surface area contributed by atoms with Gasteiger partial charge < -0.3 is 20.1 Å². The Morgan fingerprint density at radius 2 is 1.89 bits per heavy atom. The van der Waals surface area contributed by atoms with E-state index in [0.29, 0.717) is 11.3 Å². The van der Waals surface area contributed by atoms with E-state index in [9.17, 15) is 24.9 Å². The van der Waals surface area contributed by atoms with E-state index < -0.39 is 23.5 Å². The number of carboxylic acid groups (broad SMARTS) is 1. The second kappa shape index (κ2) is 7.92. The molecule has 138 valence electrons. The third-order valence-corrected chi connectivity index (χ3v) is 4.80. The molecular formula is C18H14N3O5S-. The van der Waals surface area contributed by atoms with Crippen molar-refractivity contribution in [1.82, 2.24) is 0 Å². The summed E-state index contributed by atoms with van der Waals surface area (Å²) in [5, 5.41) is 37.3. The molecule has 3 rings (SSSR count). The maximum atomic E-state index is 12.6. The van der Waals surface area contributed by atoms with Gasteiger partial charge in [-0.2, -0.15) is 5.10 Å². The van der Waals surface area contributed by atoms with Crippen LogP contribution < -0.4 is 10.0 Å². The third-order valence-electron chi connectivity index (χ3n) is 3.67. The summed E-state index contributed by atoms with van der Waals surface area (Å²) in [4.78, 5) is 24.7. The van der Waals surface area contributed by atoms with Crippen molar-refractivity contribution in [2.75, 3.05) is 4.90 Å². The summed E-state index contributed by atoms with van der Waals surface area (Å²) in [5.74, 6) is -1.75. The summed E-state index contributed by atoms with van der Waals surface area (Å²) >= 11 is 0.960. The van der Waals surface area contributed by atoms with Gasteiger partial charge in [0.1, 0.15) is 11.5 Å². The first-order valence-electron chi connectivity index (χ1n) is 7.84. The number of hydrogen-bond acceptors (Lipinski definition) is 8. The number of carboxylic acids is 1. The molecule has 1 heterocycles. The van der Waals surface area contributed by atoms with Gasteiger partial charge in [0.2, 0.25) is 5.91 Å². The summed E-state index contributed by atoms with van der Waals surface area (Å²) in [5.41, 5.74) is 0.862. The Morgan fingerprint density at radius 3 is 2.56 bits per heavy atom. The quantitative estimate of drug-likeness (QED) is 0.587. The lowest BCUT2D eigenvalue weighted by atomic mass is 10.2. The molecule has 1 fully saturated rings. The standard InChI is InChI=1S/C18H15N3O5S/c22-13-7-5-12(6-8-13)21-17(26)15(9-16(24)25)27-18(21)20-19-10-11-3-1-2-4-14(11)23/h1-8,10,15,22-23H,9H2,(H,24,25)/p-1/b19-10-,20-18+/t15-/m1/s1. The molecule has 0 aliphatic carbocycles. The Labute approximate surface area is 158 Å². The predicted octanol–water partition coefficient (Wildman–Crippen LogP) is 1.08. The van der Waals surface area contributed by atoms with Gasteiger partial charge in [-0.25, -0.2) is 0 Å². The second-order valence-electron chi connectivity index (χ2n) is 5.56. The number of phenols is 2. The van der Waals surface area contributed by atoms with Crippen LogP contribution in [0.25, 0.3) is 0 Å². The van der Waals surface area contributed by atoms with Crippen molar-refractivity contribution >= 4 is 40.7 Å². The lowest BCUT2D eigenvalue weighted by Gasteiger charge is -2.16. The van der Waals surface area contributed by atoms with Crippen LogP contribution in [-0.2, 0) is 9.59 Å². The number of nitrogens with zero attached hydrogens (tertiary/aromatic N) is 3. The maximum absolute atomic E-state index is 12.6. The number of hydrogen-bond donors (Lipinski definition) is 2. The van der Waals surface area contributed by atoms with Crippen LogP contribution in [0, 0.1) is 0 Å². The molecular weight excluding hydrogens is 370 g/mol. The largest absolute Gasteiger partial charge is 0.550 e. The minimum atomic E-state index is -1.34. The van der Waals surface area contributed by atoms with Crippen molar-refractivity contribution in [1.29, 1.82) is 0 Å². The van der Waals surface area contributed by atoms with E-state index in [0.717, 1.165) is 11.8 Å². The minimum Gasteiger partial charge on any atom is -0.550 e. The van der Waals surface area contributed by atoms with Gasteiger partial charge in [0, 0.05) is 18.0 Å². The molecule has 1 amide bonds. The number of carbonyl (C=O) groups is 2. The molecule has 9 heteroatoms. The van der Waals surface area contributed by atoms with Crippen molar-refractivity contribution in [2.24, 2.45) is 10.2 Å². The van der Waals surface area contributed by atoms with E-state index in [4.69, 9.17) is 0 Å². The average Bonchev–Trinajstić information content (AvgIpc) is 2.92. The van der Waals surface area contributed by atoms with Crippen LogP contribution in [0.15, 0.2) is 58.7 Å². The number of anilines is 1. The van der Waals surface area contributed by atoms with Gasteiger partial charge in [0.25, 0.3) is 0 Å². The van der Waals surface area contributed by atoms with E-state index >= 15 is 0 Å². The van der Waals surface area contributed by atoms with Crippen LogP contribution in [-0.4, -0.2) is 38.7 Å². The molecule has 1 aliphatic heterocycles. The monoisotopic (exact) mass is 384 g/mol. The number of amidine groups is 1. The summed E-state index contributed by atoms with van der Waals surface area (Å²) in [6, 6.07) is 12.4. The summed E-state index contributed by atoms with van der Waals surface area (Å²) < 4.78 is 0. The Bertz CT molecular complexity index is 927. The first-order valence-corrected chi connectivity index (χ1v) is 8.72. The Kier molecular flexibility index (Phi) is 5.41. The van der Waals surface area contributed by atoms with Gasteiger partial charge in [-0.05, 0) is 36.4 Å². The van der Waals surface area contributed by atoms with Gasteiger partial charge in [0.15, 0.2) is 5.17 Å². The zero-order chi connectivity index (χ0) is 19.4. The molecule has 2 N–H and O–H groups in total. The summed E-state index contributed by atoms with van der Waals surface area (Å²) in [7, 11) is 0. The van der Waals surface area contributed by atoms with E-state index in [2.05, 4.69) is 10.2 Å². The van der Waals surface area contributed by atoms with Gasteiger partial charge in [0.05, 0.1) is 17.2 Å². The van der Waals surface area contributed by atoms with E-state index in [1.165, 1.54) is 41.4 Å². The molecule has 1 aliphatic rings. The zero-order valence-corrected chi connectivity index (χ0v) is 14.7. The maximum Gasteiger partial charge on any atom is 0.247 e. The van der Waals surface area contributed by atoms with Gasteiger partial charge in [-0.3, -0.25) is 9.69 Å². The molecule has 0 bridgehead atoms. The number of thioether (sulfide) groups is 1. The van der Waals surface area contributed by atoms with Gasteiger partial charge in [-0.15, -0.1) is 5.10 Å². The molecule has 0 radical (unpaired) electrons. The normalized spacial score (nSPS) is 18.5. The van der Waals surface area contributed by atoms with Crippen molar-refractivity contribution in [2.45, 2.75) is 11.7 Å². The highest BCUT2D eigenvalue weighted by molar-refractivity contribution is 8.16. The predicted molar refractivity (Wildman–Crippen MR) is 99.7 cm³/mol. The summed E-state index contributed by atoms with van der Waals surface area (Å²) in [6.45, 7) is 0. The van der Waals surface area contributed by atoms with Crippen molar-refractivity contribution < 1.29 is 24.9 Å². The van der Waals surface area contributed by atoms with Crippen LogP contribution in [0.5, 0.6) is 11.5 Å². The summed E-state index contributed by atoms with van der Waals surface area (Å²) in [6.07, 6.45) is 0.870. The average molecular weight is 384 g/mol. The molecule has 8 nitrogen and oxygen atoms in total. The van der Waals surface area contributed by atoms with E-state index in [1.54, 1.807) is 18.2 Å². The second-order valence-corrected chi connectivity index (χ2v) is 6.73. The molecule has 0 unspecified atom stereocenters. The highest BCUT2D eigenvalue weighted by Crippen LogP contribution is 2.34. The number of aliphatic carboxylic acids is 1. The molecule has 0 aromatic heterocycles. The van der Waals surface area contributed by atoms with E-state index in [1.807, 2.05) is 0 Å². The number of benzene rings is 2. The molecule has 0 saturated carbocycles. The van der Waals surface area contributed by atoms with Crippen LogP contribution in [0.4, 0.5) is 5.69 Å². The fourth-order valence-corrected chi connectivity index (χ4v) is 3.47. The fraction of sp³-hybridized carbons (Fsp3) is 0.111. The first-order chi connectivity index (χ1) is 13.0. The molecule has 0 spiro atoms. The van der Waals surface area contributed by atoms with Crippen molar-refractivity contribution in [3.63, 3.8) is 0 Å². The van der Waals surface area contributed by atoms with Gasteiger partial charge in [-0.1, -0.05) is 23.9 Å². The highest BCUT2D eigenvalue weighted by Gasteiger charge is 2.39. The number of rotatable bonds is 5. The SMILES string of the molecule is O=C([O-])C[C@H]1S/C(=N/N=C\c2ccccc2O)N(c2ccc(O)cc2)C1=O. The van der Waals surface area contributed by atoms with Crippen molar-refractivity contribution in [3.05, 3.63) is 54.1 Å². The number of para-hydroxylation sites is 1. The van der Waals surface area contributed by atoms with Crippen LogP contribution in [0.2, 0.25) is 0 Å². The number of amides is 1. The number of aromatic hydroxyl groups is 2. The molecule has 1 saturated heterocycles. The first kappa shape index (κ1) is 18.5. The highest BCUT2D eigenvalue weighted by atomic mass is 32.2. The van der Waals surface area contributed by atoms with Gasteiger partial charge >= 0.3 is 0 Å². The number of phenolic OH excluding ortho intramolecular Hbond substituents is 2. The molecule has 27 heavy (non-hydrogen) atoms. The Balaban J connectivity index is 1.91. The topological polar surface area (TPSA) is 126 Å². The lowest BCUT2D eigenvalue weighted by Crippen LogP contribution is -2.35. The molecule has 2 aromatic rings. The third kappa shape index (κ3) is 4.26.